The van der Waals surface area contributed by atoms with E-state index in [4.69, 9.17) is 33.2 Å². The van der Waals surface area contributed by atoms with Crippen LogP contribution in [0.2, 0.25) is 0 Å². The summed E-state index contributed by atoms with van der Waals surface area (Å²) in [6, 6.07) is 0. The molecule has 0 radical (unpaired) electrons. The number of ether oxygens (including phenoxy) is 7. The SMILES string of the molecule is C[C@@H](CC[C@]1(O)O[C@H]2C[C@H]3[C@@H]4CC=C5C[C@@H](O[C@@H]6O[C@H](CO)[C@H](O[C@@H]7O[C@H](CO)[C@@H](O)[C@H](O)[C@H]7O)[C@H](O)[C@H]6O)CC[C@]5(C)[C@H]4CC(=O)[C@]3(C)[C@H]2[C@@H]1C)CO[C@@H]1O[C@H](CO)[C@@H](O)[C@H](O)[C@H]1O. The van der Waals surface area contributed by atoms with Crippen LogP contribution in [0.1, 0.15) is 79.1 Å². The third-order valence-electron chi connectivity index (χ3n) is 17.3. The molecule has 8 aliphatic rings. The number of carbonyl (C=O) groups is 1. The molecule has 0 bridgehead atoms. The highest BCUT2D eigenvalue weighted by Crippen LogP contribution is 2.69. The molecule has 12 N–H and O–H groups in total. The maximum absolute atomic E-state index is 14.6. The van der Waals surface area contributed by atoms with Crippen LogP contribution in [0.15, 0.2) is 11.6 Å². The van der Waals surface area contributed by atoms with Crippen molar-refractivity contribution in [1.82, 2.24) is 0 Å². The van der Waals surface area contributed by atoms with Gasteiger partial charge in [-0.25, -0.2) is 0 Å². The summed E-state index contributed by atoms with van der Waals surface area (Å²) in [5, 5.41) is 125. The van der Waals surface area contributed by atoms with Gasteiger partial charge in [-0.15, -0.1) is 0 Å². The molecular weight excluding hydrogens is 860 g/mol. The van der Waals surface area contributed by atoms with E-state index in [0.717, 1.165) is 12.0 Å². The van der Waals surface area contributed by atoms with Crippen LogP contribution in [-0.2, 0) is 38.0 Å². The Hall–Kier alpha value is -1.35. The maximum atomic E-state index is 14.6. The first-order valence-corrected chi connectivity index (χ1v) is 23.5. The van der Waals surface area contributed by atoms with Crippen LogP contribution < -0.4 is 0 Å². The second-order valence-electron chi connectivity index (χ2n) is 20.9. The minimum atomic E-state index is -1.78. The minimum absolute atomic E-state index is 0.0473. The van der Waals surface area contributed by atoms with Gasteiger partial charge >= 0.3 is 0 Å². The Balaban J connectivity index is 0.869. The summed E-state index contributed by atoms with van der Waals surface area (Å²) in [6.07, 6.45) is -16.5. The van der Waals surface area contributed by atoms with Gasteiger partial charge in [-0.05, 0) is 67.6 Å². The monoisotopic (exact) mass is 932 g/mol. The fraction of sp³-hybridized carbons (Fsp3) is 0.933. The molecule has 7 fully saturated rings. The molecule has 4 heterocycles. The molecule has 0 aromatic heterocycles. The molecule has 20 nitrogen and oxygen atoms in total. The van der Waals surface area contributed by atoms with E-state index in [2.05, 4.69) is 19.9 Å². The van der Waals surface area contributed by atoms with Crippen LogP contribution in [0, 0.1) is 46.3 Å². The number of allylic oxidation sites excluding steroid dienone is 1. The molecular formula is C45H72O20. The summed E-state index contributed by atoms with van der Waals surface area (Å²) in [6.45, 7) is 6.34. The Bertz CT molecular complexity index is 1700. The third kappa shape index (κ3) is 8.60. The topological polar surface area (TPSA) is 324 Å². The van der Waals surface area contributed by atoms with Gasteiger partial charge in [-0.2, -0.15) is 0 Å². The van der Waals surface area contributed by atoms with Crippen molar-refractivity contribution in [3.8, 4) is 0 Å². The fourth-order valence-electron chi connectivity index (χ4n) is 13.3. The van der Waals surface area contributed by atoms with Gasteiger partial charge < -0.3 is 94.4 Å². The normalized spacial score (nSPS) is 53.7. The van der Waals surface area contributed by atoms with Crippen LogP contribution in [0.5, 0.6) is 0 Å². The molecule has 0 amide bonds. The van der Waals surface area contributed by atoms with E-state index < -0.39 is 129 Å². The van der Waals surface area contributed by atoms with Gasteiger partial charge in [-0.3, -0.25) is 4.79 Å². The number of rotatable bonds is 13. The van der Waals surface area contributed by atoms with Gasteiger partial charge in [0.1, 0.15) is 79.0 Å². The lowest BCUT2D eigenvalue weighted by Gasteiger charge is -2.57. The van der Waals surface area contributed by atoms with E-state index in [9.17, 15) is 66.1 Å². The second kappa shape index (κ2) is 19.1. The lowest BCUT2D eigenvalue weighted by atomic mass is 9.46. The smallest absolute Gasteiger partial charge is 0.187 e. The van der Waals surface area contributed by atoms with Crippen LogP contribution >= 0.6 is 0 Å². The number of hydrogen-bond donors (Lipinski definition) is 12. The van der Waals surface area contributed by atoms with Crippen molar-refractivity contribution < 1.29 is 99.2 Å². The highest BCUT2D eigenvalue weighted by Gasteiger charge is 2.71. The highest BCUT2D eigenvalue weighted by atomic mass is 16.7. The van der Waals surface area contributed by atoms with Crippen molar-refractivity contribution >= 4 is 5.78 Å². The van der Waals surface area contributed by atoms with Gasteiger partial charge in [0, 0.05) is 30.1 Å². The Morgan fingerprint density at radius 2 is 1.34 bits per heavy atom. The Morgan fingerprint density at radius 3 is 1.98 bits per heavy atom. The predicted molar refractivity (Wildman–Crippen MR) is 219 cm³/mol. The first kappa shape index (κ1) is 50.1. The first-order chi connectivity index (χ1) is 30.7. The van der Waals surface area contributed by atoms with Crippen LogP contribution in [0.25, 0.3) is 0 Å². The summed E-state index contributed by atoms with van der Waals surface area (Å²) in [5.74, 6) is -1.61. The summed E-state index contributed by atoms with van der Waals surface area (Å²) < 4.78 is 41.1. The second-order valence-corrected chi connectivity index (χ2v) is 20.9. The molecule has 0 aromatic carbocycles. The minimum Gasteiger partial charge on any atom is -0.394 e. The largest absolute Gasteiger partial charge is 0.394 e. The Morgan fingerprint density at radius 1 is 0.754 bits per heavy atom. The number of aliphatic hydroxyl groups excluding tert-OH is 11. The van der Waals surface area contributed by atoms with E-state index in [-0.39, 0.29) is 65.8 Å². The van der Waals surface area contributed by atoms with Gasteiger partial charge in [-0.1, -0.05) is 39.3 Å². The molecule has 65 heavy (non-hydrogen) atoms. The number of carbonyl (C=O) groups excluding carboxylic acids is 1. The van der Waals surface area contributed by atoms with Crippen LogP contribution in [0.4, 0.5) is 0 Å². The van der Waals surface area contributed by atoms with E-state index in [1.807, 2.05) is 13.8 Å². The summed E-state index contributed by atoms with van der Waals surface area (Å²) in [5.41, 5.74) is 0.155. The van der Waals surface area contributed by atoms with E-state index in [0.29, 0.717) is 38.5 Å². The molecule has 4 aliphatic carbocycles. The summed E-state index contributed by atoms with van der Waals surface area (Å²) in [7, 11) is 0. The number of ketones is 1. The van der Waals surface area contributed by atoms with Crippen molar-refractivity contribution in [2.45, 2.75) is 189 Å². The maximum Gasteiger partial charge on any atom is 0.187 e. The summed E-state index contributed by atoms with van der Waals surface area (Å²) in [4.78, 5) is 14.6. The zero-order valence-corrected chi connectivity index (χ0v) is 37.5. The van der Waals surface area contributed by atoms with Crippen molar-refractivity contribution in [2.75, 3.05) is 26.4 Å². The molecule has 26 atom stereocenters. The molecule has 4 saturated heterocycles. The number of Topliss-reactive ketones (excluding diaryl/α,β-unsaturated/α-hetero) is 1. The molecule has 20 heteroatoms. The third-order valence-corrected chi connectivity index (χ3v) is 17.3. The van der Waals surface area contributed by atoms with Gasteiger partial charge in [0.15, 0.2) is 24.7 Å². The molecule has 4 aliphatic heterocycles. The zero-order valence-electron chi connectivity index (χ0n) is 37.5. The van der Waals surface area contributed by atoms with Gasteiger partial charge in [0.05, 0.1) is 38.6 Å². The van der Waals surface area contributed by atoms with E-state index in [1.54, 1.807) is 0 Å². The van der Waals surface area contributed by atoms with E-state index >= 15 is 0 Å². The predicted octanol–water partition coefficient (Wildman–Crippen LogP) is -2.68. The van der Waals surface area contributed by atoms with Crippen molar-refractivity contribution in [1.29, 1.82) is 0 Å². The van der Waals surface area contributed by atoms with Gasteiger partial charge in [0.2, 0.25) is 0 Å². The Labute approximate surface area is 378 Å². The van der Waals surface area contributed by atoms with Crippen molar-refractivity contribution in [2.24, 2.45) is 46.3 Å². The van der Waals surface area contributed by atoms with Crippen LogP contribution in [-0.4, -0.2) is 204 Å². The summed E-state index contributed by atoms with van der Waals surface area (Å²) >= 11 is 0. The molecule has 0 unspecified atom stereocenters. The average molecular weight is 933 g/mol. The lowest BCUT2D eigenvalue weighted by molar-refractivity contribution is -0.363. The standard InChI is InChI=1S/C45H72O20/c1-18(17-59-40-36(55)33(52)31(50)26(14-46)61-40)7-10-45(58)19(2)30-25(65-45)12-24-22-6-5-20-11-21(8-9-43(20,3)23(22)13-29(49)44(24,30)4)60-41-38(57)35(54)39(28(16-48)63-41)64-42-37(56)34(53)32(51)27(15-47)62-42/h5,18-19,21-28,30-42,46-48,50-58H,6-17H2,1-4H3/t18-,19-,21-,22+,23-,24-,25-,26+,27+,28+,30-,31+,32+,33-,34-,35+,36+,37+,38+,39-,40+,41+,42-,43-,44+,45-/m0/s1. The molecule has 3 saturated carbocycles. The quantitative estimate of drug-likeness (QED) is 0.0838. The number of hydrogen-bond acceptors (Lipinski definition) is 20. The average Bonchev–Trinajstić information content (AvgIpc) is 3.73. The highest BCUT2D eigenvalue weighted by molar-refractivity contribution is 5.87. The first-order valence-electron chi connectivity index (χ1n) is 23.5. The number of fused-ring (bicyclic) bond motifs is 7. The zero-order chi connectivity index (χ0) is 47.1. The molecule has 0 spiro atoms. The van der Waals surface area contributed by atoms with E-state index in [1.165, 1.54) is 0 Å². The van der Waals surface area contributed by atoms with Gasteiger partial charge in [0.25, 0.3) is 0 Å². The van der Waals surface area contributed by atoms with Crippen molar-refractivity contribution in [3.05, 3.63) is 11.6 Å². The fourth-order valence-corrected chi connectivity index (χ4v) is 13.3. The lowest BCUT2D eigenvalue weighted by Crippen LogP contribution is -2.65. The molecule has 8 rings (SSSR count). The Kier molecular flexibility index (Phi) is 14.7. The van der Waals surface area contributed by atoms with Crippen LogP contribution in [0.3, 0.4) is 0 Å². The number of aliphatic hydroxyl groups is 12. The van der Waals surface area contributed by atoms with Crippen molar-refractivity contribution in [3.63, 3.8) is 0 Å². The molecule has 0 aromatic rings. The molecule has 372 valence electrons.